The molecule has 11 nitrogen and oxygen atoms in total. The van der Waals surface area contributed by atoms with Gasteiger partial charge in [0.05, 0.1) is 24.4 Å². The van der Waals surface area contributed by atoms with Gasteiger partial charge in [-0.2, -0.15) is 0 Å². The van der Waals surface area contributed by atoms with Crippen molar-refractivity contribution in [2.24, 2.45) is 0 Å². The number of halogens is 1. The zero-order chi connectivity index (χ0) is 28.5. The second kappa shape index (κ2) is 14.8. The molecule has 1 aromatic rings. The number of ether oxygens (including phenoxy) is 2. The molecule has 0 radical (unpaired) electrons. The zero-order valence-corrected chi connectivity index (χ0v) is 25.1. The standard InChI is InChI=1S/C25H35IN4O7S/c1-14(7-6-8-16-9-20(26)25(3,35)21(31)10-16)28-22(32)17(12-36-4)29-23(33)18(13-37-5)30-24(34)19-11-27-15(2)38-19/h9-11,14,17-18,35H,6-8,12-13H2,1-5H3,(H,28,32)(H,29,33)(H,30,34)/t14-,17-,18-,25?/m0/s1. The summed E-state index contributed by atoms with van der Waals surface area (Å²) >= 11 is 3.17. The van der Waals surface area contributed by atoms with Gasteiger partial charge in [0.1, 0.15) is 17.0 Å². The summed E-state index contributed by atoms with van der Waals surface area (Å²) in [7, 11) is 2.82. The van der Waals surface area contributed by atoms with Crippen LogP contribution in [-0.4, -0.2) is 84.8 Å². The van der Waals surface area contributed by atoms with Crippen molar-refractivity contribution in [1.29, 1.82) is 0 Å². The van der Waals surface area contributed by atoms with Gasteiger partial charge in [-0.05, 0) is 80.3 Å². The predicted octanol–water partition coefficient (Wildman–Crippen LogP) is 1.58. The van der Waals surface area contributed by atoms with Crippen molar-refractivity contribution in [3.05, 3.63) is 37.4 Å². The number of aryl methyl sites for hydroxylation is 1. The van der Waals surface area contributed by atoms with E-state index in [2.05, 4.69) is 20.9 Å². The average molecular weight is 663 g/mol. The van der Waals surface area contributed by atoms with Crippen LogP contribution < -0.4 is 16.0 Å². The summed E-state index contributed by atoms with van der Waals surface area (Å²) in [5.74, 6) is -1.82. The van der Waals surface area contributed by atoms with Crippen LogP contribution in [0.1, 0.15) is 47.8 Å². The molecule has 1 unspecified atom stereocenters. The molecule has 1 heterocycles. The lowest BCUT2D eigenvalue weighted by Crippen LogP contribution is -2.57. The summed E-state index contributed by atoms with van der Waals surface area (Å²) in [6.07, 6.45) is 6.64. The van der Waals surface area contributed by atoms with E-state index in [1.54, 1.807) is 13.0 Å². The topological polar surface area (TPSA) is 156 Å². The number of ketones is 1. The fourth-order valence-electron chi connectivity index (χ4n) is 3.61. The third-order valence-corrected chi connectivity index (χ3v) is 8.10. The quantitative estimate of drug-likeness (QED) is 0.219. The van der Waals surface area contributed by atoms with Gasteiger partial charge in [-0.3, -0.25) is 19.2 Å². The third-order valence-electron chi connectivity index (χ3n) is 5.83. The predicted molar refractivity (Wildman–Crippen MR) is 151 cm³/mol. The largest absolute Gasteiger partial charge is 0.382 e. The third kappa shape index (κ3) is 9.22. The van der Waals surface area contributed by atoms with Crippen LogP contribution >= 0.6 is 33.9 Å². The van der Waals surface area contributed by atoms with Gasteiger partial charge in [-0.15, -0.1) is 11.3 Å². The Kier molecular flexibility index (Phi) is 12.5. The number of aromatic nitrogens is 1. The van der Waals surface area contributed by atoms with Gasteiger partial charge < -0.3 is 30.5 Å². The zero-order valence-electron chi connectivity index (χ0n) is 22.1. The molecule has 0 fully saturated rings. The van der Waals surface area contributed by atoms with E-state index in [1.807, 2.05) is 29.5 Å². The first-order chi connectivity index (χ1) is 17.9. The molecule has 1 aromatic heterocycles. The number of nitrogens with zero attached hydrogens (tertiary/aromatic N) is 1. The van der Waals surface area contributed by atoms with Gasteiger partial charge in [-0.1, -0.05) is 0 Å². The van der Waals surface area contributed by atoms with Gasteiger partial charge in [0.25, 0.3) is 5.91 Å². The van der Waals surface area contributed by atoms with Gasteiger partial charge in [0.15, 0.2) is 11.4 Å². The first-order valence-corrected chi connectivity index (χ1v) is 14.0. The van der Waals surface area contributed by atoms with Crippen molar-refractivity contribution < 1.29 is 33.8 Å². The number of amides is 3. The number of allylic oxidation sites excluding steroid dienone is 2. The molecule has 3 amide bonds. The van der Waals surface area contributed by atoms with Crippen LogP contribution in [-0.2, 0) is 23.9 Å². The second-order valence-electron chi connectivity index (χ2n) is 9.19. The van der Waals surface area contributed by atoms with Crippen molar-refractivity contribution in [2.45, 2.75) is 63.8 Å². The lowest BCUT2D eigenvalue weighted by molar-refractivity contribution is -0.132. The molecule has 2 rings (SSSR count). The maximum Gasteiger partial charge on any atom is 0.263 e. The molecule has 1 aliphatic rings. The number of nitrogens with one attached hydrogen (secondary N) is 3. The van der Waals surface area contributed by atoms with Crippen LogP contribution in [0.2, 0.25) is 0 Å². The average Bonchev–Trinajstić information content (AvgIpc) is 3.28. The molecule has 4 atom stereocenters. The summed E-state index contributed by atoms with van der Waals surface area (Å²) in [6, 6.07) is -2.22. The second-order valence-corrected chi connectivity index (χ2v) is 11.6. The van der Waals surface area contributed by atoms with E-state index in [0.29, 0.717) is 27.7 Å². The summed E-state index contributed by atoms with van der Waals surface area (Å²) in [6.45, 7) is 4.94. The van der Waals surface area contributed by atoms with E-state index in [-0.39, 0.29) is 25.0 Å². The first-order valence-electron chi connectivity index (χ1n) is 12.1. The molecule has 210 valence electrons. The van der Waals surface area contributed by atoms with E-state index < -0.39 is 35.4 Å². The molecule has 0 aromatic carbocycles. The summed E-state index contributed by atoms with van der Waals surface area (Å²) in [5, 5.41) is 19.0. The molecular formula is C25H35IN4O7S. The molecule has 0 saturated carbocycles. The Morgan fingerprint density at radius 1 is 1.11 bits per heavy atom. The summed E-state index contributed by atoms with van der Waals surface area (Å²) < 4.78 is 10.8. The lowest BCUT2D eigenvalue weighted by Gasteiger charge is -2.25. The highest BCUT2D eigenvalue weighted by Gasteiger charge is 2.34. The minimum Gasteiger partial charge on any atom is -0.382 e. The minimum atomic E-state index is -1.47. The van der Waals surface area contributed by atoms with Crippen LogP contribution in [0.4, 0.5) is 0 Å². The highest BCUT2D eigenvalue weighted by molar-refractivity contribution is 14.1. The van der Waals surface area contributed by atoms with Crippen LogP contribution in [0.5, 0.6) is 0 Å². The molecular weight excluding hydrogens is 627 g/mol. The van der Waals surface area contributed by atoms with Crippen LogP contribution in [0.25, 0.3) is 0 Å². The molecule has 1 aliphatic carbocycles. The number of carbonyl (C=O) groups excluding carboxylic acids is 4. The Morgan fingerprint density at radius 3 is 2.26 bits per heavy atom. The molecule has 0 spiro atoms. The van der Waals surface area contributed by atoms with Crippen molar-refractivity contribution in [3.63, 3.8) is 0 Å². The maximum atomic E-state index is 12.9. The van der Waals surface area contributed by atoms with Gasteiger partial charge in [-0.25, -0.2) is 4.98 Å². The number of thiazole rings is 1. The smallest absolute Gasteiger partial charge is 0.263 e. The van der Waals surface area contributed by atoms with Crippen LogP contribution in [0, 0.1) is 6.92 Å². The molecule has 0 aliphatic heterocycles. The van der Waals surface area contributed by atoms with Crippen molar-refractivity contribution >= 4 is 57.4 Å². The number of hydrogen-bond donors (Lipinski definition) is 4. The summed E-state index contributed by atoms with van der Waals surface area (Å²) in [4.78, 5) is 54.8. The molecule has 0 saturated heterocycles. The van der Waals surface area contributed by atoms with E-state index >= 15 is 0 Å². The molecule has 38 heavy (non-hydrogen) atoms. The number of methoxy groups -OCH3 is 2. The highest BCUT2D eigenvalue weighted by Crippen LogP contribution is 2.31. The van der Waals surface area contributed by atoms with E-state index in [9.17, 15) is 24.3 Å². The van der Waals surface area contributed by atoms with E-state index in [4.69, 9.17) is 9.47 Å². The van der Waals surface area contributed by atoms with E-state index in [1.165, 1.54) is 44.8 Å². The summed E-state index contributed by atoms with van der Waals surface area (Å²) in [5.41, 5.74) is -0.647. The molecule has 0 bridgehead atoms. The van der Waals surface area contributed by atoms with Crippen LogP contribution in [0.3, 0.4) is 0 Å². The Morgan fingerprint density at radius 2 is 1.71 bits per heavy atom. The normalized spacial score (nSPS) is 19.6. The monoisotopic (exact) mass is 662 g/mol. The minimum absolute atomic E-state index is 0.0653. The van der Waals surface area contributed by atoms with E-state index in [0.717, 1.165) is 10.6 Å². The SMILES string of the molecule is COC[C@H](NC(=O)c1cnc(C)s1)C(=O)N[C@@H](COC)C(=O)N[C@@H](C)CCCC1=CC(=O)C(C)(O)C(I)=C1. The Bertz CT molecular complexity index is 1090. The molecule has 4 N–H and O–H groups in total. The van der Waals surface area contributed by atoms with Gasteiger partial charge in [0.2, 0.25) is 11.8 Å². The number of carbonyl (C=O) groups is 4. The van der Waals surface area contributed by atoms with Crippen molar-refractivity contribution in [2.75, 3.05) is 27.4 Å². The Hall–Kier alpha value is -2.20. The van der Waals surface area contributed by atoms with Gasteiger partial charge in [0, 0.05) is 23.8 Å². The van der Waals surface area contributed by atoms with Crippen molar-refractivity contribution in [1.82, 2.24) is 20.9 Å². The highest BCUT2D eigenvalue weighted by atomic mass is 127. The Balaban J connectivity index is 1.90. The maximum absolute atomic E-state index is 12.9. The number of aliphatic hydroxyl groups is 1. The van der Waals surface area contributed by atoms with Crippen molar-refractivity contribution in [3.8, 4) is 0 Å². The number of rotatable bonds is 14. The first kappa shape index (κ1) is 32.0. The van der Waals surface area contributed by atoms with Crippen LogP contribution in [0.15, 0.2) is 27.5 Å². The number of hydrogen-bond acceptors (Lipinski definition) is 9. The molecule has 13 heteroatoms. The fraction of sp³-hybridized carbons (Fsp3) is 0.560. The lowest BCUT2D eigenvalue weighted by atomic mass is 9.90. The fourth-order valence-corrected chi connectivity index (χ4v) is 4.96. The Labute approximate surface area is 240 Å². The van der Waals surface area contributed by atoms with Gasteiger partial charge >= 0.3 is 0 Å².